The maximum atomic E-state index is 13.1. The van der Waals surface area contributed by atoms with E-state index in [4.69, 9.17) is 4.74 Å². The van der Waals surface area contributed by atoms with E-state index < -0.39 is 0 Å². The third-order valence-electron chi connectivity index (χ3n) is 5.13. The van der Waals surface area contributed by atoms with Crippen LogP contribution in [-0.2, 0) is 16.1 Å². The third-order valence-corrected chi connectivity index (χ3v) is 5.89. The number of nitrogens with one attached hydrogen (secondary N) is 1. The molecule has 4 rings (SSSR count). The fourth-order valence-corrected chi connectivity index (χ4v) is 4.33. The Labute approximate surface area is 184 Å². The molecule has 1 fully saturated rings. The molecule has 0 bridgehead atoms. The fraction of sp³-hybridized carbons (Fsp3) is 0.304. The summed E-state index contributed by atoms with van der Waals surface area (Å²) in [5.74, 6) is -0.277. The molecule has 1 aliphatic rings. The van der Waals surface area contributed by atoms with Crippen LogP contribution in [0.15, 0.2) is 53.9 Å². The number of anilines is 1. The van der Waals surface area contributed by atoms with Crippen LogP contribution >= 0.6 is 11.3 Å². The standard InChI is InChI=1S/C23H24FN3O3S/c24-18-9-7-16(8-10-18)20-15-31-23(25-20)26-22(29)14-27(13-19-5-3-11-30-19)12-17-4-1-2-6-21(17)28/h1-2,4,6-10,15,19,28H,3,5,11-14H2,(H,25,26,29). The average Bonchev–Trinajstić information content (AvgIpc) is 3.42. The molecule has 1 saturated heterocycles. The van der Waals surface area contributed by atoms with Crippen molar-refractivity contribution in [1.29, 1.82) is 0 Å². The zero-order valence-electron chi connectivity index (χ0n) is 17.0. The van der Waals surface area contributed by atoms with Gasteiger partial charge in [0.25, 0.3) is 0 Å². The summed E-state index contributed by atoms with van der Waals surface area (Å²) in [6.45, 7) is 1.95. The zero-order valence-corrected chi connectivity index (χ0v) is 17.8. The summed E-state index contributed by atoms with van der Waals surface area (Å²) in [6.07, 6.45) is 2.07. The van der Waals surface area contributed by atoms with Gasteiger partial charge in [-0.15, -0.1) is 11.3 Å². The number of hydrogen-bond donors (Lipinski definition) is 2. The van der Waals surface area contributed by atoms with Gasteiger partial charge in [-0.25, -0.2) is 9.37 Å². The first-order chi connectivity index (χ1) is 15.1. The molecule has 0 spiro atoms. The second-order valence-corrected chi connectivity index (χ2v) is 8.38. The molecule has 1 amide bonds. The average molecular weight is 442 g/mol. The lowest BCUT2D eigenvalue weighted by Gasteiger charge is -2.24. The van der Waals surface area contributed by atoms with Crippen LogP contribution in [0.4, 0.5) is 9.52 Å². The number of carbonyl (C=O) groups is 1. The van der Waals surface area contributed by atoms with Gasteiger partial charge in [0.05, 0.1) is 18.3 Å². The van der Waals surface area contributed by atoms with Crippen molar-refractivity contribution >= 4 is 22.4 Å². The van der Waals surface area contributed by atoms with Gasteiger partial charge in [-0.1, -0.05) is 18.2 Å². The minimum atomic E-state index is -0.303. The van der Waals surface area contributed by atoms with Crippen molar-refractivity contribution in [3.63, 3.8) is 0 Å². The minimum Gasteiger partial charge on any atom is -0.508 e. The van der Waals surface area contributed by atoms with Crippen LogP contribution in [0.25, 0.3) is 11.3 Å². The highest BCUT2D eigenvalue weighted by Crippen LogP contribution is 2.25. The van der Waals surface area contributed by atoms with E-state index in [1.165, 1.54) is 23.5 Å². The van der Waals surface area contributed by atoms with E-state index in [2.05, 4.69) is 10.3 Å². The summed E-state index contributed by atoms with van der Waals surface area (Å²) < 4.78 is 18.9. The lowest BCUT2D eigenvalue weighted by Crippen LogP contribution is -2.37. The zero-order chi connectivity index (χ0) is 21.6. The summed E-state index contributed by atoms with van der Waals surface area (Å²) in [6, 6.07) is 13.2. The van der Waals surface area contributed by atoms with Crippen LogP contribution in [-0.4, -0.2) is 46.7 Å². The number of phenolic OH excluding ortho intramolecular Hbond substituents is 1. The van der Waals surface area contributed by atoms with E-state index in [9.17, 15) is 14.3 Å². The SMILES string of the molecule is O=C(CN(Cc1ccccc1O)CC1CCCO1)Nc1nc(-c2ccc(F)cc2)cs1. The normalized spacial score (nSPS) is 16.0. The highest BCUT2D eigenvalue weighted by molar-refractivity contribution is 7.14. The van der Waals surface area contributed by atoms with Crippen LogP contribution < -0.4 is 5.32 Å². The number of amides is 1. The number of thiazole rings is 1. The van der Waals surface area contributed by atoms with Crippen molar-refractivity contribution in [2.24, 2.45) is 0 Å². The molecule has 0 aliphatic carbocycles. The van der Waals surface area contributed by atoms with Gasteiger partial charge in [0.15, 0.2) is 5.13 Å². The van der Waals surface area contributed by atoms with Crippen molar-refractivity contribution < 1.29 is 19.0 Å². The van der Waals surface area contributed by atoms with Gasteiger partial charge >= 0.3 is 0 Å². The quantitative estimate of drug-likeness (QED) is 0.546. The number of hydrogen-bond acceptors (Lipinski definition) is 6. The third kappa shape index (κ3) is 5.88. The second kappa shape index (κ2) is 10.00. The lowest BCUT2D eigenvalue weighted by molar-refractivity contribution is -0.117. The number of ether oxygens (including phenoxy) is 1. The maximum absolute atomic E-state index is 13.1. The van der Waals surface area contributed by atoms with Crippen molar-refractivity contribution in [2.45, 2.75) is 25.5 Å². The summed E-state index contributed by atoms with van der Waals surface area (Å²) in [4.78, 5) is 19.1. The summed E-state index contributed by atoms with van der Waals surface area (Å²) in [5, 5.41) is 15.3. The molecule has 2 heterocycles. The van der Waals surface area contributed by atoms with Gasteiger partial charge in [-0.2, -0.15) is 0 Å². The largest absolute Gasteiger partial charge is 0.508 e. The van der Waals surface area contributed by atoms with Crippen molar-refractivity contribution in [3.05, 3.63) is 65.3 Å². The van der Waals surface area contributed by atoms with Gasteiger partial charge in [0, 0.05) is 36.2 Å². The molecule has 2 N–H and O–H groups in total. The Hall–Kier alpha value is -2.81. The molecule has 1 aromatic heterocycles. The highest BCUT2D eigenvalue weighted by Gasteiger charge is 2.22. The first kappa shape index (κ1) is 21.4. The Kier molecular flexibility index (Phi) is 6.91. The maximum Gasteiger partial charge on any atom is 0.240 e. The molecule has 1 unspecified atom stereocenters. The molecule has 1 aliphatic heterocycles. The van der Waals surface area contributed by atoms with E-state index >= 15 is 0 Å². The molecule has 6 nitrogen and oxygen atoms in total. The van der Waals surface area contributed by atoms with Gasteiger partial charge in [-0.3, -0.25) is 9.69 Å². The molecular weight excluding hydrogens is 417 g/mol. The Morgan fingerprint density at radius 3 is 2.81 bits per heavy atom. The fourth-order valence-electron chi connectivity index (χ4n) is 3.59. The Balaban J connectivity index is 1.40. The summed E-state index contributed by atoms with van der Waals surface area (Å²) >= 11 is 1.32. The predicted molar refractivity (Wildman–Crippen MR) is 118 cm³/mol. The minimum absolute atomic E-state index is 0.0867. The number of benzene rings is 2. The number of aromatic hydroxyl groups is 1. The van der Waals surface area contributed by atoms with Gasteiger partial charge in [0.1, 0.15) is 11.6 Å². The van der Waals surface area contributed by atoms with Crippen LogP contribution in [0.5, 0.6) is 5.75 Å². The van der Waals surface area contributed by atoms with Crippen LogP contribution in [0.1, 0.15) is 18.4 Å². The molecule has 31 heavy (non-hydrogen) atoms. The van der Waals surface area contributed by atoms with Crippen LogP contribution in [0, 0.1) is 5.82 Å². The number of aromatic nitrogens is 1. The smallest absolute Gasteiger partial charge is 0.240 e. The van der Waals surface area contributed by atoms with E-state index in [0.717, 1.165) is 30.6 Å². The topological polar surface area (TPSA) is 74.7 Å². The molecule has 0 radical (unpaired) electrons. The van der Waals surface area contributed by atoms with E-state index in [-0.39, 0.29) is 30.1 Å². The van der Waals surface area contributed by atoms with E-state index in [0.29, 0.717) is 23.9 Å². The molecular formula is C23H24FN3O3S. The number of phenols is 1. The Morgan fingerprint density at radius 2 is 2.06 bits per heavy atom. The molecule has 3 aromatic rings. The van der Waals surface area contributed by atoms with Crippen molar-refractivity contribution in [2.75, 3.05) is 25.0 Å². The van der Waals surface area contributed by atoms with E-state index in [1.807, 2.05) is 22.4 Å². The highest BCUT2D eigenvalue weighted by atomic mass is 32.1. The van der Waals surface area contributed by atoms with Crippen LogP contribution in [0.3, 0.4) is 0 Å². The van der Waals surface area contributed by atoms with Gasteiger partial charge in [0.2, 0.25) is 5.91 Å². The predicted octanol–water partition coefficient (Wildman–Crippen LogP) is 4.27. The van der Waals surface area contributed by atoms with Gasteiger partial charge in [-0.05, 0) is 43.2 Å². The second-order valence-electron chi connectivity index (χ2n) is 7.53. The number of rotatable bonds is 8. The number of nitrogens with zero attached hydrogens (tertiary/aromatic N) is 2. The molecule has 1 atom stereocenters. The van der Waals surface area contributed by atoms with E-state index in [1.54, 1.807) is 24.3 Å². The monoisotopic (exact) mass is 441 g/mol. The molecule has 8 heteroatoms. The lowest BCUT2D eigenvalue weighted by atomic mass is 10.1. The Bertz CT molecular complexity index is 1020. The first-order valence-electron chi connectivity index (χ1n) is 10.2. The first-order valence-corrected chi connectivity index (χ1v) is 11.1. The number of halogens is 1. The molecule has 2 aromatic carbocycles. The van der Waals surface area contributed by atoms with Crippen molar-refractivity contribution in [1.82, 2.24) is 9.88 Å². The van der Waals surface area contributed by atoms with Crippen molar-refractivity contribution in [3.8, 4) is 17.0 Å². The Morgan fingerprint density at radius 1 is 1.26 bits per heavy atom. The number of para-hydroxylation sites is 1. The van der Waals surface area contributed by atoms with Crippen LogP contribution in [0.2, 0.25) is 0 Å². The molecule has 0 saturated carbocycles. The summed E-state index contributed by atoms with van der Waals surface area (Å²) in [7, 11) is 0. The molecule has 162 valence electrons. The summed E-state index contributed by atoms with van der Waals surface area (Å²) in [5.41, 5.74) is 2.24. The number of carbonyl (C=O) groups excluding carboxylic acids is 1. The van der Waals surface area contributed by atoms with Gasteiger partial charge < -0.3 is 15.2 Å².